The summed E-state index contributed by atoms with van der Waals surface area (Å²) in [4.78, 5) is 24.5. The van der Waals surface area contributed by atoms with Crippen molar-refractivity contribution in [1.29, 1.82) is 0 Å². The number of carbonyl (C=O) groups is 2. The van der Waals surface area contributed by atoms with Crippen molar-refractivity contribution in [2.75, 3.05) is 0 Å². The van der Waals surface area contributed by atoms with Crippen LogP contribution in [0.3, 0.4) is 0 Å². The molecule has 0 atom stereocenters. The first-order chi connectivity index (χ1) is 14.3. The molecule has 156 valence electrons. The molecule has 0 spiro atoms. The summed E-state index contributed by atoms with van der Waals surface area (Å²) in [6.07, 6.45) is 0. The van der Waals surface area contributed by atoms with E-state index < -0.39 is 21.8 Å². The molecular formula is C20H20N4O5S. The Morgan fingerprint density at radius 3 is 2.33 bits per heavy atom. The van der Waals surface area contributed by atoms with Gasteiger partial charge in [-0.3, -0.25) is 20.4 Å². The van der Waals surface area contributed by atoms with Gasteiger partial charge >= 0.3 is 0 Å². The highest BCUT2D eigenvalue weighted by Crippen LogP contribution is 2.13. The average molecular weight is 428 g/mol. The molecule has 0 bridgehead atoms. The Hall–Kier alpha value is -3.50. The van der Waals surface area contributed by atoms with Crippen LogP contribution in [0.25, 0.3) is 0 Å². The smallest absolute Gasteiger partial charge is 0.275 e. The number of amides is 2. The predicted octanol–water partition coefficient (Wildman–Crippen LogP) is 1.84. The van der Waals surface area contributed by atoms with Gasteiger partial charge in [0.15, 0.2) is 0 Å². The number of aromatic nitrogens is 1. The fourth-order valence-electron chi connectivity index (χ4n) is 2.72. The van der Waals surface area contributed by atoms with Crippen molar-refractivity contribution in [2.24, 2.45) is 0 Å². The van der Waals surface area contributed by atoms with E-state index in [1.165, 1.54) is 24.3 Å². The molecular weight excluding hydrogens is 408 g/mol. The third-order valence-corrected chi connectivity index (χ3v) is 5.66. The van der Waals surface area contributed by atoms with Crippen LogP contribution in [0, 0.1) is 13.8 Å². The first-order valence-electron chi connectivity index (χ1n) is 8.95. The molecule has 30 heavy (non-hydrogen) atoms. The molecule has 2 aromatic carbocycles. The Morgan fingerprint density at radius 1 is 0.967 bits per heavy atom. The quantitative estimate of drug-likeness (QED) is 0.514. The summed E-state index contributed by atoms with van der Waals surface area (Å²) in [5.74, 6) is -0.944. The van der Waals surface area contributed by atoms with Gasteiger partial charge in [0.05, 0.1) is 10.6 Å². The number of hydrogen-bond donors (Lipinski definition) is 3. The average Bonchev–Trinajstić information content (AvgIpc) is 3.09. The summed E-state index contributed by atoms with van der Waals surface area (Å²) in [6, 6.07) is 14.6. The molecule has 0 saturated heterocycles. The molecule has 0 unspecified atom stereocenters. The van der Waals surface area contributed by atoms with Gasteiger partial charge in [-0.25, -0.2) is 13.1 Å². The molecule has 0 aliphatic rings. The number of sulfonamides is 1. The number of nitrogens with zero attached hydrogens (tertiary/aromatic N) is 1. The van der Waals surface area contributed by atoms with Crippen LogP contribution in [-0.4, -0.2) is 25.4 Å². The van der Waals surface area contributed by atoms with Gasteiger partial charge in [-0.1, -0.05) is 41.6 Å². The maximum Gasteiger partial charge on any atom is 0.275 e. The van der Waals surface area contributed by atoms with Gasteiger partial charge in [-0.15, -0.1) is 0 Å². The molecule has 2 amide bonds. The molecule has 1 heterocycles. The maximum absolute atomic E-state index is 12.5. The minimum absolute atomic E-state index is 0.0663. The van der Waals surface area contributed by atoms with E-state index in [1.54, 1.807) is 26.0 Å². The highest BCUT2D eigenvalue weighted by atomic mass is 32.2. The van der Waals surface area contributed by atoms with Crippen LogP contribution in [0.4, 0.5) is 0 Å². The molecule has 3 N–H and O–H groups in total. The second-order valence-electron chi connectivity index (χ2n) is 6.45. The van der Waals surface area contributed by atoms with Gasteiger partial charge in [-0.2, -0.15) is 0 Å². The second kappa shape index (κ2) is 8.89. The third-order valence-electron chi connectivity index (χ3n) is 4.27. The van der Waals surface area contributed by atoms with E-state index in [-0.39, 0.29) is 22.6 Å². The van der Waals surface area contributed by atoms with Crippen molar-refractivity contribution < 1.29 is 22.5 Å². The molecule has 0 radical (unpaired) electrons. The minimum Gasteiger partial charge on any atom is -0.361 e. The Bertz CT molecular complexity index is 1150. The monoisotopic (exact) mass is 428 g/mol. The number of nitrogens with one attached hydrogen (secondary N) is 3. The fourth-order valence-corrected chi connectivity index (χ4v) is 3.78. The van der Waals surface area contributed by atoms with E-state index in [9.17, 15) is 18.0 Å². The van der Waals surface area contributed by atoms with E-state index in [2.05, 4.69) is 20.7 Å². The topological polar surface area (TPSA) is 130 Å². The number of rotatable bonds is 6. The summed E-state index contributed by atoms with van der Waals surface area (Å²) < 4.78 is 32.5. The van der Waals surface area contributed by atoms with Crippen molar-refractivity contribution in [3.05, 3.63) is 82.7 Å². The van der Waals surface area contributed by atoms with Gasteiger partial charge in [0.1, 0.15) is 11.3 Å². The standard InChI is InChI=1S/C20H20N4O5S/c1-13-18(14(2)29-24-13)20(26)23-22-19(25)16-9-6-10-17(11-16)30(27,28)21-12-15-7-4-3-5-8-15/h3-11,21H,12H2,1-2H3,(H,22,25)(H,23,26). The fraction of sp³-hybridized carbons (Fsp3) is 0.150. The number of carbonyl (C=O) groups excluding carboxylic acids is 2. The molecule has 0 saturated carbocycles. The SMILES string of the molecule is Cc1noc(C)c1C(=O)NNC(=O)c1cccc(S(=O)(=O)NCc2ccccc2)c1. The molecule has 1 aromatic heterocycles. The minimum atomic E-state index is -3.83. The lowest BCUT2D eigenvalue weighted by molar-refractivity contribution is 0.0845. The van der Waals surface area contributed by atoms with Gasteiger partial charge in [0.25, 0.3) is 11.8 Å². The highest BCUT2D eigenvalue weighted by Gasteiger charge is 2.19. The number of hydrazine groups is 1. The van der Waals surface area contributed by atoms with Crippen molar-refractivity contribution in [3.8, 4) is 0 Å². The first-order valence-corrected chi connectivity index (χ1v) is 10.4. The molecule has 9 nitrogen and oxygen atoms in total. The molecule has 3 aromatic rings. The normalized spacial score (nSPS) is 11.1. The first kappa shape index (κ1) is 21.2. The van der Waals surface area contributed by atoms with E-state index in [1.807, 2.05) is 18.2 Å². The zero-order valence-electron chi connectivity index (χ0n) is 16.3. The third kappa shape index (κ3) is 4.91. The molecule has 0 aliphatic carbocycles. The summed E-state index contributed by atoms with van der Waals surface area (Å²) >= 11 is 0. The van der Waals surface area contributed by atoms with E-state index in [0.29, 0.717) is 11.5 Å². The lowest BCUT2D eigenvalue weighted by Gasteiger charge is -2.10. The molecule has 10 heteroatoms. The largest absolute Gasteiger partial charge is 0.361 e. The Morgan fingerprint density at radius 2 is 1.67 bits per heavy atom. The van der Waals surface area contributed by atoms with Crippen LogP contribution in [0.2, 0.25) is 0 Å². The van der Waals surface area contributed by atoms with Crippen LogP contribution in [0.5, 0.6) is 0 Å². The number of aryl methyl sites for hydroxylation is 2. The Balaban J connectivity index is 1.66. The van der Waals surface area contributed by atoms with Gasteiger partial charge in [0.2, 0.25) is 10.0 Å². The maximum atomic E-state index is 12.5. The Labute approximate surface area is 173 Å². The Kier molecular flexibility index (Phi) is 6.28. The van der Waals surface area contributed by atoms with Crippen LogP contribution in [-0.2, 0) is 16.6 Å². The van der Waals surface area contributed by atoms with Crippen LogP contribution < -0.4 is 15.6 Å². The predicted molar refractivity (Wildman–Crippen MR) is 108 cm³/mol. The van der Waals surface area contributed by atoms with Crippen molar-refractivity contribution in [1.82, 2.24) is 20.7 Å². The highest BCUT2D eigenvalue weighted by molar-refractivity contribution is 7.89. The van der Waals surface area contributed by atoms with E-state index in [4.69, 9.17) is 4.52 Å². The van der Waals surface area contributed by atoms with Crippen molar-refractivity contribution in [3.63, 3.8) is 0 Å². The van der Waals surface area contributed by atoms with Crippen molar-refractivity contribution in [2.45, 2.75) is 25.3 Å². The van der Waals surface area contributed by atoms with E-state index in [0.717, 1.165) is 5.56 Å². The number of hydrogen-bond acceptors (Lipinski definition) is 6. The van der Waals surface area contributed by atoms with Gasteiger partial charge < -0.3 is 4.52 Å². The number of benzene rings is 2. The lowest BCUT2D eigenvalue weighted by Crippen LogP contribution is -2.42. The summed E-state index contributed by atoms with van der Waals surface area (Å²) in [5.41, 5.74) is 6.00. The van der Waals surface area contributed by atoms with E-state index >= 15 is 0 Å². The van der Waals surface area contributed by atoms with Crippen LogP contribution in [0.1, 0.15) is 37.7 Å². The van der Waals surface area contributed by atoms with Crippen molar-refractivity contribution >= 4 is 21.8 Å². The van der Waals surface area contributed by atoms with Crippen LogP contribution in [0.15, 0.2) is 64.0 Å². The molecule has 3 rings (SSSR count). The molecule has 0 fully saturated rings. The summed E-state index contributed by atoms with van der Waals surface area (Å²) in [6.45, 7) is 3.30. The molecule has 0 aliphatic heterocycles. The summed E-state index contributed by atoms with van der Waals surface area (Å²) in [7, 11) is -3.83. The van der Waals surface area contributed by atoms with Gasteiger partial charge in [0, 0.05) is 12.1 Å². The summed E-state index contributed by atoms with van der Waals surface area (Å²) in [5, 5.41) is 3.68. The van der Waals surface area contributed by atoms with Crippen LogP contribution >= 0.6 is 0 Å². The second-order valence-corrected chi connectivity index (χ2v) is 8.21. The lowest BCUT2D eigenvalue weighted by atomic mass is 10.2. The van der Waals surface area contributed by atoms with Gasteiger partial charge in [-0.05, 0) is 37.6 Å². The zero-order chi connectivity index (χ0) is 21.7. The zero-order valence-corrected chi connectivity index (χ0v) is 17.1.